The van der Waals surface area contributed by atoms with E-state index in [1.54, 1.807) is 0 Å². The molecule has 0 bridgehead atoms. The van der Waals surface area contributed by atoms with E-state index in [1.807, 2.05) is 19.3 Å². The van der Waals surface area contributed by atoms with Gasteiger partial charge in [-0.1, -0.05) is 174 Å². The van der Waals surface area contributed by atoms with Crippen LogP contribution in [0.5, 0.6) is 0 Å². The maximum absolute atomic E-state index is 5.91. The summed E-state index contributed by atoms with van der Waals surface area (Å²) in [5.74, 6) is 0. The predicted octanol–water partition coefficient (Wildman–Crippen LogP) is 13.0. The second-order valence-corrected chi connectivity index (χ2v) is 11.3. The van der Waals surface area contributed by atoms with E-state index in [9.17, 15) is 0 Å². The van der Waals surface area contributed by atoms with Crippen LogP contribution in [0, 0.1) is 0 Å². The smallest absolute Gasteiger partial charge is 0.116 e. The molecule has 0 fully saturated rings. The van der Waals surface area contributed by atoms with Crippen molar-refractivity contribution in [3.05, 3.63) is 24.5 Å². The Balaban J connectivity index is 3.46. The number of ether oxygens (including phenoxy) is 1. The molecule has 0 spiro atoms. The van der Waals surface area contributed by atoms with Crippen LogP contribution in [-0.4, -0.2) is 6.10 Å². The van der Waals surface area contributed by atoms with Gasteiger partial charge < -0.3 is 4.74 Å². The molecule has 1 heteroatoms. The minimum absolute atomic E-state index is 0.271. The molecule has 0 aliphatic rings. The standard InChI is InChI=1S/C35H68O/c1-4-7-9-11-13-14-15-16-17-18-19-20-21-22-23-24-25-27-29-31-33-35(36-34-6-3)32-30-28-26-12-10-8-5-2/h6,31,33-35H,4-5,7-30,32H2,1-3H3/b33-31+,34-6+. The largest absolute Gasteiger partial charge is 0.494 e. The monoisotopic (exact) mass is 505 g/mol. The molecule has 0 amide bonds. The van der Waals surface area contributed by atoms with Crippen molar-refractivity contribution < 1.29 is 4.74 Å². The van der Waals surface area contributed by atoms with Crippen LogP contribution in [0.15, 0.2) is 24.5 Å². The maximum Gasteiger partial charge on any atom is 0.116 e. The lowest BCUT2D eigenvalue weighted by Crippen LogP contribution is -2.05. The Kier molecular flexibility index (Phi) is 31.7. The van der Waals surface area contributed by atoms with Gasteiger partial charge in [0.15, 0.2) is 0 Å². The van der Waals surface area contributed by atoms with Gasteiger partial charge >= 0.3 is 0 Å². The fraction of sp³-hybridized carbons (Fsp3) is 0.886. The summed E-state index contributed by atoms with van der Waals surface area (Å²) in [4.78, 5) is 0. The Labute approximate surface area is 229 Å². The van der Waals surface area contributed by atoms with Crippen molar-refractivity contribution in [1.82, 2.24) is 0 Å². The molecule has 0 radical (unpaired) electrons. The summed E-state index contributed by atoms with van der Waals surface area (Å²) in [7, 11) is 0. The minimum atomic E-state index is 0.271. The van der Waals surface area contributed by atoms with E-state index in [1.165, 1.54) is 167 Å². The third-order valence-corrected chi connectivity index (χ3v) is 7.56. The van der Waals surface area contributed by atoms with Gasteiger partial charge in [0.25, 0.3) is 0 Å². The van der Waals surface area contributed by atoms with Gasteiger partial charge in [0.05, 0.1) is 6.26 Å². The molecule has 0 aromatic rings. The van der Waals surface area contributed by atoms with Gasteiger partial charge in [-0.05, 0) is 38.7 Å². The van der Waals surface area contributed by atoms with Crippen molar-refractivity contribution in [2.24, 2.45) is 0 Å². The van der Waals surface area contributed by atoms with Crippen LogP contribution in [0.25, 0.3) is 0 Å². The predicted molar refractivity (Wildman–Crippen MR) is 165 cm³/mol. The van der Waals surface area contributed by atoms with E-state index in [4.69, 9.17) is 4.74 Å². The van der Waals surface area contributed by atoms with E-state index < -0.39 is 0 Å². The lowest BCUT2D eigenvalue weighted by atomic mass is 10.0. The van der Waals surface area contributed by atoms with Crippen molar-refractivity contribution in [3.8, 4) is 0 Å². The molecule has 0 saturated heterocycles. The Bertz CT molecular complexity index is 438. The van der Waals surface area contributed by atoms with E-state index in [0.29, 0.717) is 0 Å². The first-order valence-corrected chi connectivity index (χ1v) is 16.8. The van der Waals surface area contributed by atoms with Gasteiger partial charge in [-0.25, -0.2) is 0 Å². The molecule has 36 heavy (non-hydrogen) atoms. The first-order valence-electron chi connectivity index (χ1n) is 16.8. The molecule has 0 saturated carbocycles. The summed E-state index contributed by atoms with van der Waals surface area (Å²) in [6.07, 6.45) is 46.8. The molecule has 0 aromatic carbocycles. The first kappa shape index (κ1) is 35.3. The van der Waals surface area contributed by atoms with Crippen molar-refractivity contribution in [2.45, 2.75) is 200 Å². The maximum atomic E-state index is 5.91. The van der Waals surface area contributed by atoms with Gasteiger partial charge in [-0.15, -0.1) is 0 Å². The summed E-state index contributed by atoms with van der Waals surface area (Å²) in [6.45, 7) is 6.62. The van der Waals surface area contributed by atoms with Crippen LogP contribution in [-0.2, 0) is 4.74 Å². The summed E-state index contributed by atoms with van der Waals surface area (Å²) < 4.78 is 5.91. The Morgan fingerprint density at radius 2 is 0.833 bits per heavy atom. The molecule has 0 aromatic heterocycles. The van der Waals surface area contributed by atoms with E-state index >= 15 is 0 Å². The van der Waals surface area contributed by atoms with Crippen LogP contribution in [0.1, 0.15) is 194 Å². The van der Waals surface area contributed by atoms with Crippen molar-refractivity contribution >= 4 is 0 Å². The van der Waals surface area contributed by atoms with Crippen LogP contribution >= 0.6 is 0 Å². The topological polar surface area (TPSA) is 9.23 Å². The molecule has 0 heterocycles. The van der Waals surface area contributed by atoms with Gasteiger partial charge in [-0.3, -0.25) is 0 Å². The van der Waals surface area contributed by atoms with Gasteiger partial charge in [0.2, 0.25) is 0 Å². The average molecular weight is 505 g/mol. The lowest BCUT2D eigenvalue weighted by molar-refractivity contribution is 0.173. The average Bonchev–Trinajstić information content (AvgIpc) is 2.89. The van der Waals surface area contributed by atoms with Crippen LogP contribution in [0.2, 0.25) is 0 Å². The molecule has 1 nitrogen and oxygen atoms in total. The second kappa shape index (κ2) is 32.3. The summed E-state index contributed by atoms with van der Waals surface area (Å²) in [5.41, 5.74) is 0. The molecule has 0 N–H and O–H groups in total. The Morgan fingerprint density at radius 3 is 1.22 bits per heavy atom. The van der Waals surface area contributed by atoms with Crippen LogP contribution < -0.4 is 0 Å². The van der Waals surface area contributed by atoms with E-state index in [-0.39, 0.29) is 6.10 Å². The third-order valence-electron chi connectivity index (χ3n) is 7.56. The van der Waals surface area contributed by atoms with Crippen molar-refractivity contribution in [1.29, 1.82) is 0 Å². The van der Waals surface area contributed by atoms with E-state index in [2.05, 4.69) is 26.0 Å². The SMILES string of the molecule is C/C=C/OC(/C=C/CCCCCCCCCCCCCCCCCCCC)CCCCCCCCC. The Hall–Kier alpha value is -0.720. The zero-order valence-corrected chi connectivity index (χ0v) is 25.4. The fourth-order valence-corrected chi connectivity index (χ4v) is 5.10. The van der Waals surface area contributed by atoms with Gasteiger partial charge in [0, 0.05) is 0 Å². The molecule has 1 atom stereocenters. The molecule has 0 aliphatic heterocycles. The zero-order valence-electron chi connectivity index (χ0n) is 25.4. The third kappa shape index (κ3) is 29.5. The van der Waals surface area contributed by atoms with E-state index in [0.717, 1.165) is 6.42 Å². The molecular weight excluding hydrogens is 436 g/mol. The van der Waals surface area contributed by atoms with Crippen LogP contribution in [0.4, 0.5) is 0 Å². The number of hydrogen-bond acceptors (Lipinski definition) is 1. The van der Waals surface area contributed by atoms with Crippen LogP contribution in [0.3, 0.4) is 0 Å². The summed E-state index contributed by atoms with van der Waals surface area (Å²) >= 11 is 0. The Morgan fingerprint density at radius 1 is 0.472 bits per heavy atom. The molecule has 1 unspecified atom stereocenters. The number of unbranched alkanes of at least 4 members (excludes halogenated alkanes) is 24. The minimum Gasteiger partial charge on any atom is -0.494 e. The summed E-state index contributed by atoms with van der Waals surface area (Å²) in [5, 5.41) is 0. The fourth-order valence-electron chi connectivity index (χ4n) is 5.10. The number of allylic oxidation sites excluding steroid dienone is 2. The number of hydrogen-bond donors (Lipinski definition) is 0. The van der Waals surface area contributed by atoms with Gasteiger partial charge in [0.1, 0.15) is 6.10 Å². The normalized spacial score (nSPS) is 12.8. The highest BCUT2D eigenvalue weighted by Gasteiger charge is 2.03. The van der Waals surface area contributed by atoms with Gasteiger partial charge in [-0.2, -0.15) is 0 Å². The quantitative estimate of drug-likeness (QED) is 0.0536. The van der Waals surface area contributed by atoms with Crippen molar-refractivity contribution in [2.75, 3.05) is 0 Å². The lowest BCUT2D eigenvalue weighted by Gasteiger charge is -2.12. The highest BCUT2D eigenvalue weighted by molar-refractivity contribution is 4.91. The first-order chi connectivity index (χ1) is 17.8. The highest BCUT2D eigenvalue weighted by Crippen LogP contribution is 2.16. The highest BCUT2D eigenvalue weighted by atomic mass is 16.5. The molecular formula is C35H68O. The molecule has 0 rings (SSSR count). The molecule has 214 valence electrons. The molecule has 0 aliphatic carbocycles. The van der Waals surface area contributed by atoms with Crippen molar-refractivity contribution in [3.63, 3.8) is 0 Å². The zero-order chi connectivity index (χ0) is 26.2. The second-order valence-electron chi connectivity index (χ2n) is 11.3. The summed E-state index contributed by atoms with van der Waals surface area (Å²) in [6, 6.07) is 0. The number of rotatable bonds is 30.